The lowest BCUT2D eigenvalue weighted by molar-refractivity contribution is 0.0600. The molecule has 0 aliphatic carbocycles. The molecule has 3 nitrogen and oxygen atoms in total. The van der Waals surface area contributed by atoms with Gasteiger partial charge in [-0.3, -0.25) is 0 Å². The van der Waals surface area contributed by atoms with Crippen LogP contribution < -0.4 is 0 Å². The van der Waals surface area contributed by atoms with Gasteiger partial charge >= 0.3 is 5.97 Å². The number of methoxy groups -OCH3 is 1. The lowest BCUT2D eigenvalue weighted by atomic mass is 10.6. The van der Waals surface area contributed by atoms with Gasteiger partial charge in [0, 0.05) is 11.1 Å². The molecule has 1 aromatic rings. The van der Waals surface area contributed by atoms with Gasteiger partial charge < -0.3 is 4.74 Å². The lowest BCUT2D eigenvalue weighted by Crippen LogP contribution is -1.99. The quantitative estimate of drug-likeness (QED) is 0.633. The number of nitrogens with zero attached hydrogens (tertiary/aromatic N) is 1. The monoisotopic (exact) mass is 187 g/mol. The number of thiazole rings is 1. The summed E-state index contributed by atoms with van der Waals surface area (Å²) in [7, 11) is 1.35. The van der Waals surface area contributed by atoms with Gasteiger partial charge in [0.15, 0.2) is 0 Å². The first-order valence-corrected chi connectivity index (χ1v) is 4.62. The molecular formula is C8H13NO2S. The number of carbonyl (C=O) groups is 1. The minimum atomic E-state index is -0.363. The average Bonchev–Trinajstić information content (AvgIpc) is 2.54. The topological polar surface area (TPSA) is 39.2 Å². The highest BCUT2D eigenvalue weighted by molar-refractivity contribution is 7.11. The van der Waals surface area contributed by atoms with Crippen LogP contribution in [0.3, 0.4) is 0 Å². The van der Waals surface area contributed by atoms with Crippen molar-refractivity contribution in [3.8, 4) is 0 Å². The Morgan fingerprint density at radius 3 is 2.50 bits per heavy atom. The molecule has 0 aromatic carbocycles. The van der Waals surface area contributed by atoms with Crippen LogP contribution in [-0.2, 0) is 4.74 Å². The van der Waals surface area contributed by atoms with E-state index in [1.54, 1.807) is 0 Å². The van der Waals surface area contributed by atoms with Crippen LogP contribution >= 0.6 is 11.3 Å². The number of hydrogen-bond donors (Lipinski definition) is 0. The normalized spacial score (nSPS) is 8.33. The molecule has 0 atom stereocenters. The maximum atomic E-state index is 10.8. The van der Waals surface area contributed by atoms with E-state index in [2.05, 4.69) is 9.72 Å². The summed E-state index contributed by atoms with van der Waals surface area (Å²) in [6.07, 6.45) is 0. The van der Waals surface area contributed by atoms with Crippen molar-refractivity contribution in [2.45, 2.75) is 20.8 Å². The van der Waals surface area contributed by atoms with E-state index in [0.29, 0.717) is 5.01 Å². The number of esters is 1. The van der Waals surface area contributed by atoms with Gasteiger partial charge in [-0.05, 0) is 6.92 Å². The van der Waals surface area contributed by atoms with Crippen molar-refractivity contribution in [1.82, 2.24) is 4.98 Å². The van der Waals surface area contributed by atoms with Crippen LogP contribution in [0.4, 0.5) is 0 Å². The van der Waals surface area contributed by atoms with E-state index >= 15 is 0 Å². The SMILES string of the molecule is CC.COC(=O)c1nc(C)cs1. The minimum Gasteiger partial charge on any atom is -0.464 e. The van der Waals surface area contributed by atoms with Crippen molar-refractivity contribution in [1.29, 1.82) is 0 Å². The van der Waals surface area contributed by atoms with Crippen LogP contribution in [0.1, 0.15) is 29.3 Å². The molecular weight excluding hydrogens is 174 g/mol. The maximum Gasteiger partial charge on any atom is 0.367 e. The molecule has 1 heterocycles. The minimum absolute atomic E-state index is 0.363. The highest BCUT2D eigenvalue weighted by Crippen LogP contribution is 2.08. The number of carbonyl (C=O) groups excluding carboxylic acids is 1. The molecule has 4 heteroatoms. The first kappa shape index (κ1) is 11.1. The lowest BCUT2D eigenvalue weighted by Gasteiger charge is -1.89. The van der Waals surface area contributed by atoms with Crippen LogP contribution in [0.5, 0.6) is 0 Å². The first-order chi connectivity index (χ1) is 5.74. The van der Waals surface area contributed by atoms with Crippen molar-refractivity contribution < 1.29 is 9.53 Å². The predicted octanol–water partition coefficient (Wildman–Crippen LogP) is 2.26. The number of hydrogen-bond acceptors (Lipinski definition) is 4. The van der Waals surface area contributed by atoms with Gasteiger partial charge in [0.1, 0.15) is 0 Å². The summed E-state index contributed by atoms with van der Waals surface area (Å²) in [4.78, 5) is 14.7. The largest absolute Gasteiger partial charge is 0.464 e. The van der Waals surface area contributed by atoms with Crippen molar-refractivity contribution in [3.05, 3.63) is 16.1 Å². The third-order valence-electron chi connectivity index (χ3n) is 0.979. The molecule has 0 radical (unpaired) electrons. The van der Waals surface area contributed by atoms with Crippen LogP contribution in [0.15, 0.2) is 5.38 Å². The van der Waals surface area contributed by atoms with E-state index in [0.717, 1.165) is 5.69 Å². The highest BCUT2D eigenvalue weighted by atomic mass is 32.1. The van der Waals surface area contributed by atoms with E-state index in [-0.39, 0.29) is 5.97 Å². The van der Waals surface area contributed by atoms with E-state index < -0.39 is 0 Å². The van der Waals surface area contributed by atoms with Crippen LogP contribution in [-0.4, -0.2) is 18.1 Å². The summed E-state index contributed by atoms with van der Waals surface area (Å²) in [5, 5.41) is 2.23. The molecule has 0 unspecified atom stereocenters. The molecule has 0 amide bonds. The zero-order valence-electron chi connectivity index (χ0n) is 7.75. The van der Waals surface area contributed by atoms with E-state index in [4.69, 9.17) is 0 Å². The third-order valence-corrected chi connectivity index (χ3v) is 1.92. The zero-order chi connectivity index (χ0) is 9.56. The third kappa shape index (κ3) is 3.00. The van der Waals surface area contributed by atoms with Crippen LogP contribution in [0.2, 0.25) is 0 Å². The van der Waals surface area contributed by atoms with Crippen LogP contribution in [0.25, 0.3) is 0 Å². The number of aryl methyl sites for hydroxylation is 1. The highest BCUT2D eigenvalue weighted by Gasteiger charge is 2.07. The summed E-state index contributed by atoms with van der Waals surface area (Å²) >= 11 is 1.30. The molecule has 0 saturated heterocycles. The average molecular weight is 187 g/mol. The molecule has 0 aliphatic heterocycles. The summed E-state index contributed by atoms with van der Waals surface area (Å²) < 4.78 is 4.46. The van der Waals surface area contributed by atoms with E-state index in [1.165, 1.54) is 18.4 Å². The molecule has 1 aromatic heterocycles. The number of ether oxygens (including phenoxy) is 1. The van der Waals surface area contributed by atoms with Gasteiger partial charge in [0.05, 0.1) is 7.11 Å². The fourth-order valence-electron chi connectivity index (χ4n) is 0.535. The summed E-state index contributed by atoms with van der Waals surface area (Å²) in [6, 6.07) is 0. The fraction of sp³-hybridized carbons (Fsp3) is 0.500. The standard InChI is InChI=1S/C6H7NO2S.C2H6/c1-4-3-10-5(7-4)6(8)9-2;1-2/h3H,1-2H3;1-2H3. The summed E-state index contributed by atoms with van der Waals surface area (Å²) in [5.74, 6) is -0.363. The fourth-order valence-corrected chi connectivity index (χ4v) is 1.25. The second-order valence-electron chi connectivity index (χ2n) is 1.79. The van der Waals surface area contributed by atoms with Gasteiger partial charge in [-0.15, -0.1) is 11.3 Å². The van der Waals surface area contributed by atoms with Gasteiger partial charge in [0.2, 0.25) is 5.01 Å². The summed E-state index contributed by atoms with van der Waals surface area (Å²) in [5.41, 5.74) is 0.852. The molecule has 0 N–H and O–H groups in total. The second kappa shape index (κ2) is 5.71. The van der Waals surface area contributed by atoms with Gasteiger partial charge in [-0.2, -0.15) is 0 Å². The number of rotatable bonds is 1. The molecule has 0 aliphatic rings. The van der Waals surface area contributed by atoms with Crippen molar-refractivity contribution in [3.63, 3.8) is 0 Å². The second-order valence-corrected chi connectivity index (χ2v) is 2.64. The van der Waals surface area contributed by atoms with Gasteiger partial charge in [-0.1, -0.05) is 13.8 Å². The predicted molar refractivity (Wildman–Crippen MR) is 49.5 cm³/mol. The Labute approximate surface area is 76.4 Å². The Morgan fingerprint density at radius 2 is 2.17 bits per heavy atom. The van der Waals surface area contributed by atoms with Crippen molar-refractivity contribution >= 4 is 17.3 Å². The van der Waals surface area contributed by atoms with Crippen LogP contribution in [0, 0.1) is 6.92 Å². The molecule has 12 heavy (non-hydrogen) atoms. The molecule has 0 saturated carbocycles. The van der Waals surface area contributed by atoms with Crippen molar-refractivity contribution in [2.75, 3.05) is 7.11 Å². The summed E-state index contributed by atoms with van der Waals surface area (Å²) in [6.45, 7) is 5.84. The van der Waals surface area contributed by atoms with Gasteiger partial charge in [-0.25, -0.2) is 9.78 Å². The van der Waals surface area contributed by atoms with E-state index in [9.17, 15) is 4.79 Å². The molecule has 1 rings (SSSR count). The molecule has 68 valence electrons. The Balaban J connectivity index is 0.000000561. The maximum absolute atomic E-state index is 10.8. The Kier molecular flexibility index (Phi) is 5.28. The zero-order valence-corrected chi connectivity index (χ0v) is 8.57. The molecule has 0 spiro atoms. The smallest absolute Gasteiger partial charge is 0.367 e. The van der Waals surface area contributed by atoms with Gasteiger partial charge in [0.25, 0.3) is 0 Å². The van der Waals surface area contributed by atoms with E-state index in [1.807, 2.05) is 26.2 Å². The van der Waals surface area contributed by atoms with Crippen molar-refractivity contribution in [2.24, 2.45) is 0 Å². The molecule has 0 fully saturated rings. The Hall–Kier alpha value is -0.900. The first-order valence-electron chi connectivity index (χ1n) is 3.74. The number of aromatic nitrogens is 1. The Morgan fingerprint density at radius 1 is 1.58 bits per heavy atom. The Bertz CT molecular complexity index is 245. The molecule has 0 bridgehead atoms.